The molecule has 0 radical (unpaired) electrons. The molecule has 0 bridgehead atoms. The van der Waals surface area contributed by atoms with E-state index >= 15 is 0 Å². The molecule has 4 heteroatoms. The predicted molar refractivity (Wildman–Crippen MR) is 84.3 cm³/mol. The summed E-state index contributed by atoms with van der Waals surface area (Å²) in [5, 5.41) is 10.2. The van der Waals surface area contributed by atoms with Gasteiger partial charge in [0.1, 0.15) is 6.10 Å². The highest BCUT2D eigenvalue weighted by Gasteiger charge is 2.61. The van der Waals surface area contributed by atoms with Gasteiger partial charge in [0.2, 0.25) is 0 Å². The van der Waals surface area contributed by atoms with Crippen LogP contribution in [0.5, 0.6) is 0 Å². The van der Waals surface area contributed by atoms with Crippen LogP contribution in [0.3, 0.4) is 0 Å². The fraction of sp³-hybridized carbons (Fsp3) is 0.632. The summed E-state index contributed by atoms with van der Waals surface area (Å²) in [5.74, 6) is 0.778. The van der Waals surface area contributed by atoms with Gasteiger partial charge in [-0.05, 0) is 50.0 Å². The summed E-state index contributed by atoms with van der Waals surface area (Å²) in [6.07, 6.45) is 8.11. The molecule has 4 nitrogen and oxygen atoms in total. The van der Waals surface area contributed by atoms with Crippen molar-refractivity contribution < 1.29 is 19.1 Å². The number of aliphatic hydroxyl groups excluding tert-OH is 1. The average Bonchev–Trinajstić information content (AvgIpc) is 3.12. The second-order valence-electron chi connectivity index (χ2n) is 7.60. The highest BCUT2D eigenvalue weighted by atomic mass is 16.6. The lowest BCUT2D eigenvalue weighted by Gasteiger charge is -2.50. The number of allylic oxidation sites excluding steroid dienone is 1. The van der Waals surface area contributed by atoms with Crippen molar-refractivity contribution in [3.05, 3.63) is 35.8 Å². The third-order valence-electron chi connectivity index (χ3n) is 6.54. The molecule has 1 saturated heterocycles. The first kappa shape index (κ1) is 15.0. The van der Waals surface area contributed by atoms with Crippen LogP contribution in [0, 0.1) is 23.2 Å². The van der Waals surface area contributed by atoms with Gasteiger partial charge in [0.05, 0.1) is 24.0 Å². The maximum atomic E-state index is 13.0. The summed E-state index contributed by atoms with van der Waals surface area (Å²) in [5.41, 5.74) is 1.70. The molecule has 1 N–H and O–H groups in total. The number of hydrogen-bond donors (Lipinski definition) is 1. The fourth-order valence-corrected chi connectivity index (χ4v) is 5.31. The zero-order valence-corrected chi connectivity index (χ0v) is 13.7. The summed E-state index contributed by atoms with van der Waals surface area (Å²) in [7, 11) is 0. The Labute approximate surface area is 136 Å². The number of fused-ring (bicyclic) bond motifs is 2. The van der Waals surface area contributed by atoms with Crippen LogP contribution in [-0.2, 0) is 9.53 Å². The van der Waals surface area contributed by atoms with Crippen LogP contribution < -0.4 is 0 Å². The topological polar surface area (TPSA) is 59.7 Å². The summed E-state index contributed by atoms with van der Waals surface area (Å²) in [6, 6.07) is 1.88. The van der Waals surface area contributed by atoms with Gasteiger partial charge < -0.3 is 14.3 Å². The number of furan rings is 1. The van der Waals surface area contributed by atoms with Gasteiger partial charge in [-0.1, -0.05) is 18.6 Å². The Bertz CT molecular complexity index is 632. The Kier molecular flexibility index (Phi) is 3.41. The monoisotopic (exact) mass is 316 g/mol. The molecule has 2 unspecified atom stereocenters. The van der Waals surface area contributed by atoms with Gasteiger partial charge in [0, 0.05) is 12.0 Å². The van der Waals surface area contributed by atoms with E-state index < -0.39 is 11.5 Å². The number of aliphatic hydroxyl groups is 1. The molecular formula is C19H24O4. The van der Waals surface area contributed by atoms with Gasteiger partial charge in [-0.2, -0.15) is 0 Å². The van der Waals surface area contributed by atoms with Crippen molar-refractivity contribution in [1.82, 2.24) is 0 Å². The zero-order valence-electron chi connectivity index (χ0n) is 13.7. The molecule has 1 saturated carbocycles. The summed E-state index contributed by atoms with van der Waals surface area (Å²) < 4.78 is 11.0. The first-order chi connectivity index (χ1) is 11.0. The van der Waals surface area contributed by atoms with Gasteiger partial charge in [0.15, 0.2) is 0 Å². The second kappa shape index (κ2) is 5.23. The zero-order chi connectivity index (χ0) is 16.2. The average molecular weight is 316 g/mol. The van der Waals surface area contributed by atoms with E-state index in [4.69, 9.17) is 9.15 Å². The van der Waals surface area contributed by atoms with Crippen molar-refractivity contribution in [2.45, 2.75) is 51.7 Å². The van der Waals surface area contributed by atoms with Gasteiger partial charge >= 0.3 is 5.97 Å². The predicted octanol–water partition coefficient (Wildman–Crippen LogP) is 3.63. The van der Waals surface area contributed by atoms with Crippen LogP contribution in [0.4, 0.5) is 0 Å². The molecule has 2 fully saturated rings. The molecule has 6 atom stereocenters. The van der Waals surface area contributed by atoms with Crippen LogP contribution in [0.25, 0.3) is 0 Å². The highest BCUT2D eigenvalue weighted by molar-refractivity contribution is 5.80. The molecule has 0 aromatic carbocycles. The molecule has 1 aromatic rings. The Morgan fingerprint density at radius 2 is 2.17 bits per heavy atom. The van der Waals surface area contributed by atoms with E-state index in [2.05, 4.69) is 13.8 Å². The van der Waals surface area contributed by atoms with Crippen molar-refractivity contribution in [1.29, 1.82) is 0 Å². The van der Waals surface area contributed by atoms with E-state index in [-0.39, 0.29) is 23.9 Å². The van der Waals surface area contributed by atoms with E-state index in [0.29, 0.717) is 18.8 Å². The van der Waals surface area contributed by atoms with Gasteiger partial charge in [-0.25, -0.2) is 0 Å². The number of esters is 1. The molecule has 1 spiro atoms. The minimum Gasteiger partial charge on any atom is -0.472 e. The second-order valence-corrected chi connectivity index (χ2v) is 7.60. The van der Waals surface area contributed by atoms with Crippen LogP contribution >= 0.6 is 0 Å². The van der Waals surface area contributed by atoms with Gasteiger partial charge in [-0.15, -0.1) is 0 Å². The Morgan fingerprint density at radius 3 is 2.91 bits per heavy atom. The Hall–Kier alpha value is -1.55. The van der Waals surface area contributed by atoms with Gasteiger partial charge in [-0.3, -0.25) is 4.79 Å². The molecule has 1 aliphatic heterocycles. The first-order valence-electron chi connectivity index (χ1n) is 8.62. The molecule has 2 heterocycles. The minimum absolute atomic E-state index is 0.0761. The van der Waals surface area contributed by atoms with Crippen LogP contribution in [-0.4, -0.2) is 17.2 Å². The number of ether oxygens (including phenoxy) is 1. The third kappa shape index (κ3) is 2.11. The largest absolute Gasteiger partial charge is 0.472 e. The lowest BCUT2D eigenvalue weighted by atomic mass is 9.52. The van der Waals surface area contributed by atoms with Crippen LogP contribution in [0.1, 0.15) is 51.2 Å². The minimum atomic E-state index is -0.471. The molecule has 3 aliphatic rings. The van der Waals surface area contributed by atoms with E-state index in [1.54, 1.807) is 12.5 Å². The molecule has 0 amide bonds. The summed E-state index contributed by atoms with van der Waals surface area (Å²) >= 11 is 0. The molecule has 1 aromatic heterocycles. The maximum absolute atomic E-state index is 13.0. The number of rotatable bonds is 1. The van der Waals surface area contributed by atoms with E-state index in [0.717, 1.165) is 18.4 Å². The summed E-state index contributed by atoms with van der Waals surface area (Å²) in [4.78, 5) is 13.0. The molecule has 4 rings (SSSR count). The van der Waals surface area contributed by atoms with Crippen LogP contribution in [0.15, 0.2) is 34.7 Å². The van der Waals surface area contributed by atoms with Crippen molar-refractivity contribution in [3.8, 4) is 0 Å². The van der Waals surface area contributed by atoms with Crippen molar-refractivity contribution in [2.24, 2.45) is 23.2 Å². The van der Waals surface area contributed by atoms with Crippen molar-refractivity contribution in [3.63, 3.8) is 0 Å². The Balaban J connectivity index is 1.72. The maximum Gasteiger partial charge on any atom is 0.313 e. The van der Waals surface area contributed by atoms with E-state index in [9.17, 15) is 9.90 Å². The van der Waals surface area contributed by atoms with Crippen molar-refractivity contribution in [2.75, 3.05) is 0 Å². The number of cyclic esters (lactones) is 1. The fourth-order valence-electron chi connectivity index (χ4n) is 5.31. The third-order valence-corrected chi connectivity index (χ3v) is 6.54. The molecule has 23 heavy (non-hydrogen) atoms. The molecule has 124 valence electrons. The van der Waals surface area contributed by atoms with E-state index in [1.165, 1.54) is 5.57 Å². The smallest absolute Gasteiger partial charge is 0.313 e. The molecule has 2 aliphatic carbocycles. The standard InChI is InChI=1S/C19H24O4/c1-11-7-14(20)8-16-15(11)4-3-12(2)19(16)9-17(23-18(19)21)13-5-6-22-10-13/h5-7,10,12,14-17,20H,3-4,8-9H2,1-2H3/t12-,14?,15+,16+,17-,19?/m1/s1. The normalized spacial score (nSPS) is 43.2. The van der Waals surface area contributed by atoms with Gasteiger partial charge in [0.25, 0.3) is 0 Å². The first-order valence-corrected chi connectivity index (χ1v) is 8.62. The van der Waals surface area contributed by atoms with E-state index in [1.807, 2.05) is 12.1 Å². The SMILES string of the molecule is CC1=CC(O)C[C@H]2[C@H]1CC[C@@H](C)C21C[C@H](c2ccoc2)OC1=O. The number of carbonyl (C=O) groups excluding carboxylic acids is 1. The quantitative estimate of drug-likeness (QED) is 0.635. The van der Waals surface area contributed by atoms with Crippen molar-refractivity contribution >= 4 is 5.97 Å². The summed E-state index contributed by atoms with van der Waals surface area (Å²) in [6.45, 7) is 4.27. The van der Waals surface area contributed by atoms with Crippen LogP contribution in [0.2, 0.25) is 0 Å². The number of hydrogen-bond acceptors (Lipinski definition) is 4. The number of carbonyl (C=O) groups is 1. The lowest BCUT2D eigenvalue weighted by molar-refractivity contribution is -0.159. The Morgan fingerprint density at radius 1 is 1.35 bits per heavy atom. The highest BCUT2D eigenvalue weighted by Crippen LogP contribution is 2.61. The molecular weight excluding hydrogens is 292 g/mol. The lowest BCUT2D eigenvalue weighted by Crippen LogP contribution is -2.50.